The van der Waals surface area contributed by atoms with Gasteiger partial charge < -0.3 is 15.4 Å². The zero-order valence-corrected chi connectivity index (χ0v) is 20.7. The van der Waals surface area contributed by atoms with Crippen LogP contribution in [0.3, 0.4) is 0 Å². The number of allylic oxidation sites excluding steroid dienone is 1. The lowest BCUT2D eigenvalue weighted by Crippen LogP contribution is -2.28. The molecule has 2 atom stereocenters. The van der Waals surface area contributed by atoms with Gasteiger partial charge in [-0.2, -0.15) is 13.2 Å². The van der Waals surface area contributed by atoms with Crippen molar-refractivity contribution in [3.8, 4) is 5.75 Å². The molecule has 37 heavy (non-hydrogen) atoms. The summed E-state index contributed by atoms with van der Waals surface area (Å²) in [6.45, 7) is 4.79. The van der Waals surface area contributed by atoms with E-state index in [0.29, 0.717) is 35.9 Å². The molecule has 7 heteroatoms. The average Bonchev–Trinajstić information content (AvgIpc) is 3.04. The van der Waals surface area contributed by atoms with Crippen LogP contribution in [-0.4, -0.2) is 12.4 Å². The topological polar surface area (TPSA) is 50.4 Å². The van der Waals surface area contributed by atoms with Crippen LogP contribution in [0.25, 0.3) is 0 Å². The third kappa shape index (κ3) is 5.22. The van der Waals surface area contributed by atoms with Crippen LogP contribution in [0.4, 0.5) is 24.5 Å². The van der Waals surface area contributed by atoms with Crippen LogP contribution in [-0.2, 0) is 11.0 Å². The number of ketones is 1. The number of Topliss-reactive ketones (excluding diaryl/α,β-unsaturated/α-hetero) is 1. The van der Waals surface area contributed by atoms with E-state index in [1.807, 2.05) is 48.5 Å². The Labute approximate surface area is 214 Å². The number of carbonyl (C=O) groups is 1. The summed E-state index contributed by atoms with van der Waals surface area (Å²) in [6.07, 6.45) is -3.82. The van der Waals surface area contributed by atoms with Gasteiger partial charge in [-0.05, 0) is 59.7 Å². The summed E-state index contributed by atoms with van der Waals surface area (Å²) in [5, 5.41) is 6.63. The van der Waals surface area contributed by atoms with Crippen LogP contribution < -0.4 is 15.4 Å². The second-order valence-corrected chi connectivity index (χ2v) is 10.0. The minimum absolute atomic E-state index is 0.0412. The smallest absolute Gasteiger partial charge is 0.416 e. The highest BCUT2D eigenvalue weighted by molar-refractivity contribution is 6.01. The fourth-order valence-corrected chi connectivity index (χ4v) is 5.07. The second kappa shape index (κ2) is 9.96. The third-order valence-corrected chi connectivity index (χ3v) is 6.82. The maximum Gasteiger partial charge on any atom is 0.416 e. The van der Waals surface area contributed by atoms with Gasteiger partial charge in [0, 0.05) is 17.7 Å². The van der Waals surface area contributed by atoms with Gasteiger partial charge in [0.1, 0.15) is 5.75 Å². The summed E-state index contributed by atoms with van der Waals surface area (Å²) in [6, 6.07) is 19.6. The molecule has 0 aromatic heterocycles. The fraction of sp³-hybridized carbons (Fsp3) is 0.300. The summed E-state index contributed by atoms with van der Waals surface area (Å²) in [5.41, 5.74) is 2.69. The number of alkyl halides is 3. The number of hydrogen-bond acceptors (Lipinski definition) is 4. The molecule has 0 saturated carbocycles. The molecule has 1 aliphatic heterocycles. The molecule has 1 aliphatic carbocycles. The molecular formula is C30H29F3N2O2. The molecule has 0 spiro atoms. The van der Waals surface area contributed by atoms with Crippen molar-refractivity contribution in [1.82, 2.24) is 0 Å². The number of para-hydroxylation sites is 2. The van der Waals surface area contributed by atoms with Crippen molar-refractivity contribution in [2.45, 2.75) is 44.8 Å². The number of rotatable bonds is 5. The predicted octanol–water partition coefficient (Wildman–Crippen LogP) is 7.72. The standard InChI is InChI=1S/C30H29F3N2O2/c1-18(2)17-37-21-13-11-19(12-14-21)20-15-26-28(27(36)16-20)29(35-25-10-6-5-9-24(25)34-26)22-7-3-4-8-23(22)30(31,32)33/h3-14,18,20,29,34-35H,15-17H2,1-2H3. The van der Waals surface area contributed by atoms with Crippen LogP contribution >= 0.6 is 0 Å². The van der Waals surface area contributed by atoms with Gasteiger partial charge >= 0.3 is 6.18 Å². The van der Waals surface area contributed by atoms with E-state index in [0.717, 1.165) is 23.1 Å². The Morgan fingerprint density at radius 1 is 0.919 bits per heavy atom. The molecule has 2 unspecified atom stereocenters. The fourth-order valence-electron chi connectivity index (χ4n) is 5.07. The minimum Gasteiger partial charge on any atom is -0.493 e. The first-order chi connectivity index (χ1) is 17.7. The van der Waals surface area contributed by atoms with E-state index >= 15 is 0 Å². The van der Waals surface area contributed by atoms with Crippen molar-refractivity contribution in [2.75, 3.05) is 17.2 Å². The molecule has 0 bridgehead atoms. The maximum absolute atomic E-state index is 14.0. The highest BCUT2D eigenvalue weighted by Gasteiger charge is 2.40. The van der Waals surface area contributed by atoms with E-state index in [1.54, 1.807) is 6.07 Å². The molecule has 2 N–H and O–H groups in total. The minimum atomic E-state index is -4.54. The van der Waals surface area contributed by atoms with E-state index in [9.17, 15) is 18.0 Å². The van der Waals surface area contributed by atoms with Gasteiger partial charge in [0.2, 0.25) is 0 Å². The molecule has 4 nitrogen and oxygen atoms in total. The van der Waals surface area contributed by atoms with Crippen LogP contribution in [0.2, 0.25) is 0 Å². The molecule has 0 amide bonds. The third-order valence-electron chi connectivity index (χ3n) is 6.82. The van der Waals surface area contributed by atoms with Crippen molar-refractivity contribution in [3.05, 3.63) is 101 Å². The van der Waals surface area contributed by atoms with Gasteiger partial charge in [0.15, 0.2) is 5.78 Å². The number of carbonyl (C=O) groups excluding carboxylic acids is 1. The number of fused-ring (bicyclic) bond motifs is 1. The van der Waals surface area contributed by atoms with Crippen molar-refractivity contribution in [1.29, 1.82) is 0 Å². The van der Waals surface area contributed by atoms with Crippen LogP contribution in [0.5, 0.6) is 5.75 Å². The number of benzene rings is 3. The van der Waals surface area contributed by atoms with Gasteiger partial charge in [-0.25, -0.2) is 0 Å². The largest absolute Gasteiger partial charge is 0.493 e. The summed E-state index contributed by atoms with van der Waals surface area (Å²) in [4.78, 5) is 13.7. The molecule has 1 heterocycles. The van der Waals surface area contributed by atoms with Crippen molar-refractivity contribution >= 4 is 17.2 Å². The van der Waals surface area contributed by atoms with Gasteiger partial charge in [-0.3, -0.25) is 4.79 Å². The molecule has 0 radical (unpaired) electrons. The van der Waals surface area contributed by atoms with Gasteiger partial charge in [-0.1, -0.05) is 56.3 Å². The van der Waals surface area contributed by atoms with E-state index in [4.69, 9.17) is 4.74 Å². The summed E-state index contributed by atoms with van der Waals surface area (Å²) in [5.74, 6) is 0.922. The Morgan fingerprint density at radius 2 is 1.59 bits per heavy atom. The monoisotopic (exact) mass is 506 g/mol. The molecule has 3 aromatic rings. The number of ether oxygens (including phenoxy) is 1. The van der Waals surface area contributed by atoms with E-state index in [2.05, 4.69) is 24.5 Å². The van der Waals surface area contributed by atoms with Crippen molar-refractivity contribution < 1.29 is 22.7 Å². The Hall–Kier alpha value is -3.74. The lowest BCUT2D eigenvalue weighted by Gasteiger charge is -2.31. The molecule has 3 aromatic carbocycles. The van der Waals surface area contributed by atoms with Crippen molar-refractivity contribution in [3.63, 3.8) is 0 Å². The number of nitrogens with one attached hydrogen (secondary N) is 2. The Bertz CT molecular complexity index is 1330. The van der Waals surface area contributed by atoms with Crippen LogP contribution in [0, 0.1) is 5.92 Å². The van der Waals surface area contributed by atoms with Crippen LogP contribution in [0.15, 0.2) is 84.1 Å². The molecular weight excluding hydrogens is 477 g/mol. The molecule has 2 aliphatic rings. The SMILES string of the molecule is CC(C)COc1ccc(C2CC(=O)C3=C(C2)Nc2ccccc2NC3c2ccccc2C(F)(F)F)cc1. The number of halogens is 3. The van der Waals surface area contributed by atoms with E-state index in [1.165, 1.54) is 12.1 Å². The first kappa shape index (κ1) is 24.9. The predicted molar refractivity (Wildman–Crippen MR) is 139 cm³/mol. The molecule has 0 fully saturated rings. The Morgan fingerprint density at radius 3 is 2.30 bits per heavy atom. The lowest BCUT2D eigenvalue weighted by molar-refractivity contribution is -0.138. The first-order valence-corrected chi connectivity index (χ1v) is 12.5. The second-order valence-electron chi connectivity index (χ2n) is 10.0. The van der Waals surface area contributed by atoms with E-state index < -0.39 is 17.8 Å². The van der Waals surface area contributed by atoms with Gasteiger partial charge in [0.05, 0.1) is 29.6 Å². The number of anilines is 2. The quantitative estimate of drug-likeness (QED) is 0.372. The van der Waals surface area contributed by atoms with Gasteiger partial charge in [-0.15, -0.1) is 0 Å². The zero-order valence-electron chi connectivity index (χ0n) is 20.7. The summed E-state index contributed by atoms with van der Waals surface area (Å²) in [7, 11) is 0. The van der Waals surface area contributed by atoms with E-state index in [-0.39, 0.29) is 23.7 Å². The highest BCUT2D eigenvalue weighted by Crippen LogP contribution is 2.46. The normalized spacial score (nSPS) is 19.5. The van der Waals surface area contributed by atoms with Gasteiger partial charge in [0.25, 0.3) is 0 Å². The first-order valence-electron chi connectivity index (χ1n) is 12.5. The zero-order chi connectivity index (χ0) is 26.2. The van der Waals surface area contributed by atoms with Crippen molar-refractivity contribution in [2.24, 2.45) is 5.92 Å². The lowest BCUT2D eigenvalue weighted by atomic mass is 9.78. The molecule has 5 rings (SSSR count). The Kier molecular flexibility index (Phi) is 6.71. The molecule has 0 saturated heterocycles. The maximum atomic E-state index is 14.0. The summed E-state index contributed by atoms with van der Waals surface area (Å²) >= 11 is 0. The number of hydrogen-bond donors (Lipinski definition) is 2. The highest BCUT2D eigenvalue weighted by atomic mass is 19.4. The summed E-state index contributed by atoms with van der Waals surface area (Å²) < 4.78 is 47.7. The Balaban J connectivity index is 1.53. The van der Waals surface area contributed by atoms with Crippen LogP contribution in [0.1, 0.15) is 55.3 Å². The molecule has 192 valence electrons. The average molecular weight is 507 g/mol.